The minimum Gasteiger partial charge on any atom is -0.355 e. The molecule has 4 bridgehead atoms. The highest BCUT2D eigenvalue weighted by Gasteiger charge is 2.54. The van der Waals surface area contributed by atoms with Crippen molar-refractivity contribution in [1.82, 2.24) is 25.1 Å². The van der Waals surface area contributed by atoms with Gasteiger partial charge in [0.05, 0.1) is 5.69 Å². The highest BCUT2D eigenvalue weighted by molar-refractivity contribution is 5.91. The number of nitrogens with zero attached hydrogens (tertiary/aromatic N) is 4. The van der Waals surface area contributed by atoms with Crippen LogP contribution in [-0.2, 0) is 9.59 Å². The molecule has 4 fully saturated rings. The molecule has 6 rings (SSSR count). The van der Waals surface area contributed by atoms with E-state index in [0.717, 1.165) is 54.1 Å². The van der Waals surface area contributed by atoms with Crippen molar-refractivity contribution in [2.45, 2.75) is 65.7 Å². The fourth-order valence-electron chi connectivity index (χ4n) is 6.61. The van der Waals surface area contributed by atoms with Crippen LogP contribution in [0.15, 0.2) is 12.1 Å². The Morgan fingerprint density at radius 2 is 1.56 bits per heavy atom. The highest BCUT2D eigenvalue weighted by Crippen LogP contribution is 2.60. The molecule has 0 unspecified atom stereocenters. The molecule has 4 aliphatic carbocycles. The van der Waals surface area contributed by atoms with Crippen LogP contribution in [0.5, 0.6) is 0 Å². The summed E-state index contributed by atoms with van der Waals surface area (Å²) in [6, 6.07) is 3.69. The Morgan fingerprint density at radius 3 is 2.16 bits per heavy atom. The number of carbonyl (C=O) groups excluding carboxylic acids is 2. The van der Waals surface area contributed by atoms with E-state index in [1.165, 1.54) is 19.3 Å². The number of amides is 2. The van der Waals surface area contributed by atoms with Crippen LogP contribution in [0, 0.1) is 43.9 Å². The number of hydrogen-bond donors (Lipinski definition) is 2. The quantitative estimate of drug-likeness (QED) is 0.724. The van der Waals surface area contributed by atoms with Gasteiger partial charge in [-0.1, -0.05) is 0 Å². The van der Waals surface area contributed by atoms with Gasteiger partial charge in [0, 0.05) is 35.8 Å². The number of carbonyl (C=O) groups is 2. The molecule has 0 aromatic carbocycles. The molecule has 0 atom stereocenters. The van der Waals surface area contributed by atoms with Crippen LogP contribution >= 0.6 is 0 Å². The summed E-state index contributed by atoms with van der Waals surface area (Å²) in [5.74, 6) is 3.14. The Hall–Kier alpha value is -2.77. The Labute approximate surface area is 188 Å². The number of aryl methyl sites for hydroxylation is 3. The second-order valence-electron chi connectivity index (χ2n) is 10.3. The van der Waals surface area contributed by atoms with Gasteiger partial charge in [0.2, 0.25) is 11.8 Å². The first-order valence-electron chi connectivity index (χ1n) is 11.8. The highest BCUT2D eigenvalue weighted by atomic mass is 16.2. The lowest BCUT2D eigenvalue weighted by molar-refractivity contribution is -0.146. The first-order valence-corrected chi connectivity index (χ1v) is 11.8. The van der Waals surface area contributed by atoms with Crippen molar-refractivity contribution in [2.24, 2.45) is 23.2 Å². The van der Waals surface area contributed by atoms with E-state index in [1.54, 1.807) is 10.7 Å². The van der Waals surface area contributed by atoms with Crippen LogP contribution in [0.2, 0.25) is 0 Å². The van der Waals surface area contributed by atoms with Crippen LogP contribution < -0.4 is 10.6 Å². The molecule has 0 aliphatic heterocycles. The van der Waals surface area contributed by atoms with Crippen molar-refractivity contribution in [3.8, 4) is 5.95 Å². The number of anilines is 1. The number of nitrogens with one attached hydrogen (secondary N) is 2. The molecule has 32 heavy (non-hydrogen) atoms. The molecule has 2 amide bonds. The van der Waals surface area contributed by atoms with E-state index in [1.807, 2.05) is 26.8 Å². The van der Waals surface area contributed by atoms with Crippen molar-refractivity contribution >= 4 is 17.6 Å². The SMILES string of the molecule is Cc1cc(C)nc(-n2nc(C)cc2NC(=O)CCNC(=O)C23CC4CC(CC(C4)C2)C3)n1. The zero-order chi connectivity index (χ0) is 22.5. The summed E-state index contributed by atoms with van der Waals surface area (Å²) in [6.07, 6.45) is 7.25. The van der Waals surface area contributed by atoms with Gasteiger partial charge in [-0.2, -0.15) is 9.78 Å². The van der Waals surface area contributed by atoms with Gasteiger partial charge in [0.1, 0.15) is 5.82 Å². The van der Waals surface area contributed by atoms with Crippen LogP contribution in [-0.4, -0.2) is 38.1 Å². The Morgan fingerprint density at radius 1 is 0.969 bits per heavy atom. The van der Waals surface area contributed by atoms with E-state index >= 15 is 0 Å². The smallest absolute Gasteiger partial charge is 0.252 e. The van der Waals surface area contributed by atoms with Gasteiger partial charge in [0.25, 0.3) is 5.95 Å². The van der Waals surface area contributed by atoms with Crippen LogP contribution in [0.1, 0.15) is 62.0 Å². The summed E-state index contributed by atoms with van der Waals surface area (Å²) in [7, 11) is 0. The number of rotatable bonds is 6. The molecule has 8 nitrogen and oxygen atoms in total. The van der Waals surface area contributed by atoms with Gasteiger partial charge in [-0.15, -0.1) is 0 Å². The molecule has 2 N–H and O–H groups in total. The summed E-state index contributed by atoms with van der Waals surface area (Å²) in [4.78, 5) is 34.6. The summed E-state index contributed by atoms with van der Waals surface area (Å²) >= 11 is 0. The lowest BCUT2D eigenvalue weighted by atomic mass is 9.49. The summed E-state index contributed by atoms with van der Waals surface area (Å²) in [6.45, 7) is 6.01. The molecule has 2 aromatic rings. The summed E-state index contributed by atoms with van der Waals surface area (Å²) < 4.78 is 1.56. The zero-order valence-electron chi connectivity index (χ0n) is 19.1. The topological polar surface area (TPSA) is 102 Å². The average Bonchev–Trinajstić information content (AvgIpc) is 3.06. The van der Waals surface area contributed by atoms with Crippen molar-refractivity contribution in [1.29, 1.82) is 0 Å². The molecule has 2 heterocycles. The van der Waals surface area contributed by atoms with E-state index in [4.69, 9.17) is 0 Å². The Balaban J connectivity index is 1.19. The molecule has 4 aliphatic rings. The Bertz CT molecular complexity index is 1000. The van der Waals surface area contributed by atoms with Gasteiger partial charge in [-0.3, -0.25) is 9.59 Å². The van der Waals surface area contributed by atoms with E-state index in [0.29, 0.717) is 18.3 Å². The predicted molar refractivity (Wildman–Crippen MR) is 120 cm³/mol. The molecular formula is C24H32N6O2. The van der Waals surface area contributed by atoms with E-state index in [-0.39, 0.29) is 23.7 Å². The minimum atomic E-state index is -0.179. The van der Waals surface area contributed by atoms with Gasteiger partial charge in [0.15, 0.2) is 0 Å². The van der Waals surface area contributed by atoms with Crippen molar-refractivity contribution in [2.75, 3.05) is 11.9 Å². The molecular weight excluding hydrogens is 404 g/mol. The maximum absolute atomic E-state index is 13.1. The third kappa shape index (κ3) is 4.02. The van der Waals surface area contributed by atoms with Crippen LogP contribution in [0.4, 0.5) is 5.82 Å². The Kier molecular flexibility index (Phi) is 5.26. The average molecular weight is 437 g/mol. The lowest BCUT2D eigenvalue weighted by Crippen LogP contribution is -2.53. The number of hydrogen-bond acceptors (Lipinski definition) is 5. The fourth-order valence-corrected chi connectivity index (χ4v) is 6.61. The van der Waals surface area contributed by atoms with Gasteiger partial charge in [-0.05, 0) is 83.1 Å². The van der Waals surface area contributed by atoms with E-state index in [2.05, 4.69) is 25.7 Å². The van der Waals surface area contributed by atoms with E-state index in [9.17, 15) is 9.59 Å². The first kappa shape index (κ1) is 21.1. The standard InChI is InChI=1S/C24H32N6O2/c1-14-6-15(2)27-23(26-14)30-20(7-16(3)29-30)28-21(31)4-5-25-22(32)24-11-17-8-18(12-24)10-19(9-17)13-24/h6-7,17-19H,4-5,8-13H2,1-3H3,(H,25,32)(H,28,31). The molecule has 0 spiro atoms. The van der Waals surface area contributed by atoms with Gasteiger partial charge >= 0.3 is 0 Å². The second-order valence-corrected chi connectivity index (χ2v) is 10.3. The fraction of sp³-hybridized carbons (Fsp3) is 0.625. The van der Waals surface area contributed by atoms with Crippen LogP contribution in [0.3, 0.4) is 0 Å². The predicted octanol–water partition coefficient (Wildman–Crippen LogP) is 3.25. The maximum Gasteiger partial charge on any atom is 0.252 e. The van der Waals surface area contributed by atoms with Crippen LogP contribution in [0.25, 0.3) is 5.95 Å². The monoisotopic (exact) mass is 436 g/mol. The molecule has 4 saturated carbocycles. The zero-order valence-corrected chi connectivity index (χ0v) is 19.1. The summed E-state index contributed by atoms with van der Waals surface area (Å²) in [5.41, 5.74) is 2.26. The maximum atomic E-state index is 13.1. The third-order valence-electron chi connectivity index (χ3n) is 7.42. The van der Waals surface area contributed by atoms with Crippen molar-refractivity contribution < 1.29 is 9.59 Å². The molecule has 0 radical (unpaired) electrons. The largest absolute Gasteiger partial charge is 0.355 e. The normalized spacial score (nSPS) is 28.0. The van der Waals surface area contributed by atoms with Gasteiger partial charge < -0.3 is 10.6 Å². The second kappa shape index (κ2) is 7.98. The molecule has 0 saturated heterocycles. The lowest BCUT2D eigenvalue weighted by Gasteiger charge is -2.55. The molecule has 2 aromatic heterocycles. The minimum absolute atomic E-state index is 0.161. The van der Waals surface area contributed by atoms with Crippen molar-refractivity contribution in [3.63, 3.8) is 0 Å². The molecule has 8 heteroatoms. The van der Waals surface area contributed by atoms with E-state index < -0.39 is 0 Å². The summed E-state index contributed by atoms with van der Waals surface area (Å²) in [5, 5.41) is 10.4. The van der Waals surface area contributed by atoms with Gasteiger partial charge in [-0.25, -0.2) is 9.97 Å². The first-order chi connectivity index (χ1) is 15.3. The third-order valence-corrected chi connectivity index (χ3v) is 7.42. The number of aromatic nitrogens is 4. The molecule has 170 valence electrons. The van der Waals surface area contributed by atoms with Crippen molar-refractivity contribution in [3.05, 3.63) is 29.2 Å².